The highest BCUT2D eigenvalue weighted by Gasteiger charge is 2.47. The van der Waals surface area contributed by atoms with Crippen molar-refractivity contribution in [1.82, 2.24) is 9.55 Å². The van der Waals surface area contributed by atoms with Gasteiger partial charge in [0.05, 0.1) is 16.4 Å². The number of benzene rings is 1. The molecule has 2 aromatic rings. The van der Waals surface area contributed by atoms with Crippen LogP contribution in [0.3, 0.4) is 0 Å². The molecule has 0 radical (unpaired) electrons. The van der Waals surface area contributed by atoms with E-state index in [0.717, 1.165) is 4.57 Å². The average Bonchev–Trinajstić information content (AvgIpc) is 3.09. The lowest BCUT2D eigenvalue weighted by atomic mass is 10.2. The highest BCUT2D eigenvalue weighted by atomic mass is 79.9. The van der Waals surface area contributed by atoms with Crippen LogP contribution in [0.4, 0.5) is 5.82 Å². The Morgan fingerprint density at radius 3 is 2.44 bits per heavy atom. The van der Waals surface area contributed by atoms with E-state index in [1.807, 2.05) is 0 Å². The first-order chi connectivity index (χ1) is 16.1. The molecule has 182 valence electrons. The van der Waals surface area contributed by atoms with Gasteiger partial charge in [-0.1, -0.05) is 15.9 Å². The number of hydrogen-bond acceptors (Lipinski definition) is 9. The molecule has 1 aliphatic heterocycles. The van der Waals surface area contributed by atoms with Crippen molar-refractivity contribution in [2.24, 2.45) is 0 Å². The Bertz CT molecular complexity index is 1140. The predicted octanol–water partition coefficient (Wildman–Crippen LogP) is 2.42. The van der Waals surface area contributed by atoms with Crippen molar-refractivity contribution < 1.29 is 33.3 Å². The van der Waals surface area contributed by atoms with Crippen LogP contribution < -0.4 is 15.7 Å². The Kier molecular flexibility index (Phi) is 8.44. The van der Waals surface area contributed by atoms with Crippen molar-refractivity contribution in [3.05, 3.63) is 51.0 Å². The second-order valence-corrected chi connectivity index (χ2v) is 9.11. The fourth-order valence-corrected chi connectivity index (χ4v) is 4.26. The summed E-state index contributed by atoms with van der Waals surface area (Å²) in [4.78, 5) is 51.6. The fraction of sp³-hybridized carbons (Fsp3) is 0.381. The maximum atomic E-state index is 12.8. The number of anilines is 1. The van der Waals surface area contributed by atoms with Crippen LogP contribution in [0, 0.1) is 0 Å². The van der Waals surface area contributed by atoms with Crippen molar-refractivity contribution in [2.45, 2.75) is 37.1 Å². The van der Waals surface area contributed by atoms with Gasteiger partial charge in [0, 0.05) is 25.6 Å². The smallest absolute Gasteiger partial charge is 0.351 e. The second kappa shape index (κ2) is 11.1. The van der Waals surface area contributed by atoms with Gasteiger partial charge in [-0.25, -0.2) is 4.79 Å². The number of nitrogens with zero attached hydrogens (tertiary/aromatic N) is 2. The minimum absolute atomic E-state index is 0.00374. The molecule has 1 fully saturated rings. The van der Waals surface area contributed by atoms with Crippen LogP contribution in [0.25, 0.3) is 0 Å². The molecule has 1 aliphatic rings. The van der Waals surface area contributed by atoms with Gasteiger partial charge in [0.1, 0.15) is 18.5 Å². The van der Waals surface area contributed by atoms with E-state index in [-0.39, 0.29) is 16.9 Å². The van der Waals surface area contributed by atoms with Crippen molar-refractivity contribution in [3.63, 3.8) is 0 Å². The number of nitrogens with one attached hydrogen (secondary N) is 1. The third-order valence-corrected chi connectivity index (χ3v) is 6.47. The van der Waals surface area contributed by atoms with Gasteiger partial charge in [0.2, 0.25) is 0 Å². The highest BCUT2D eigenvalue weighted by molar-refractivity contribution is 9.10. The number of aromatic nitrogens is 2. The maximum absolute atomic E-state index is 12.8. The highest BCUT2D eigenvalue weighted by Crippen LogP contribution is 2.36. The van der Waals surface area contributed by atoms with E-state index in [9.17, 15) is 19.2 Å². The van der Waals surface area contributed by atoms with Crippen LogP contribution in [-0.2, 0) is 23.8 Å². The number of amides is 1. The van der Waals surface area contributed by atoms with E-state index in [1.54, 1.807) is 24.3 Å². The van der Waals surface area contributed by atoms with E-state index in [4.69, 9.17) is 18.9 Å². The van der Waals surface area contributed by atoms with Gasteiger partial charge in [-0.3, -0.25) is 19.0 Å². The SMILES string of the molecule is COc1ccc(C(=O)Nc2nc(=O)n([C@@H]3O[C@H](COC(C)=O)[C@H](Br)[C@H]3OC(C)=O)cc2Br)cc1. The van der Waals surface area contributed by atoms with Gasteiger partial charge in [0.15, 0.2) is 18.1 Å². The van der Waals surface area contributed by atoms with E-state index in [2.05, 4.69) is 42.2 Å². The molecule has 1 amide bonds. The Morgan fingerprint density at radius 1 is 1.18 bits per heavy atom. The molecule has 1 N–H and O–H groups in total. The molecule has 11 nitrogen and oxygen atoms in total. The summed E-state index contributed by atoms with van der Waals surface area (Å²) in [5.41, 5.74) is -0.425. The average molecular weight is 603 g/mol. The Balaban J connectivity index is 1.85. The molecule has 2 heterocycles. The number of halogens is 2. The molecule has 13 heteroatoms. The molecule has 0 spiro atoms. The van der Waals surface area contributed by atoms with Gasteiger partial charge in [-0.05, 0) is 40.2 Å². The number of alkyl halides is 1. The topological polar surface area (TPSA) is 135 Å². The molecule has 1 aromatic carbocycles. The summed E-state index contributed by atoms with van der Waals surface area (Å²) in [5, 5.41) is 2.57. The van der Waals surface area contributed by atoms with Gasteiger partial charge >= 0.3 is 17.6 Å². The summed E-state index contributed by atoms with van der Waals surface area (Å²) in [6.07, 6.45) is -1.30. The van der Waals surface area contributed by atoms with Crippen molar-refractivity contribution in [1.29, 1.82) is 0 Å². The summed E-state index contributed by atoms with van der Waals surface area (Å²) in [7, 11) is 1.52. The summed E-state index contributed by atoms with van der Waals surface area (Å²) in [6.45, 7) is 2.37. The Hall–Kier alpha value is -2.77. The third-order valence-electron chi connectivity index (χ3n) is 4.78. The Labute approximate surface area is 211 Å². The van der Waals surface area contributed by atoms with Crippen LogP contribution in [0.15, 0.2) is 39.7 Å². The van der Waals surface area contributed by atoms with Gasteiger partial charge < -0.3 is 24.3 Å². The standard InChI is InChI=1S/C21H21Br2N3O8/c1-10(27)32-9-15-16(23)17(33-11(2)28)20(34-15)26-8-14(22)18(25-21(26)30)24-19(29)12-4-6-13(31-3)7-5-12/h4-8,15-17,20H,9H2,1-3H3,(H,24,25,29,30)/t15-,16+,17-,20-/m1/s1. The van der Waals surface area contributed by atoms with Crippen LogP contribution in [0.1, 0.15) is 30.4 Å². The number of carbonyl (C=O) groups excluding carboxylic acids is 3. The summed E-state index contributed by atoms with van der Waals surface area (Å²) in [6, 6.07) is 6.40. The van der Waals surface area contributed by atoms with Crippen molar-refractivity contribution in [2.75, 3.05) is 19.0 Å². The van der Waals surface area contributed by atoms with Gasteiger partial charge in [0.25, 0.3) is 5.91 Å². The molecule has 1 saturated heterocycles. The summed E-state index contributed by atoms with van der Waals surface area (Å²) in [5.74, 6) is -0.982. The lowest BCUT2D eigenvalue weighted by molar-refractivity contribution is -0.153. The van der Waals surface area contributed by atoms with E-state index in [1.165, 1.54) is 27.2 Å². The lowest BCUT2D eigenvalue weighted by Gasteiger charge is -2.22. The molecular formula is C21H21Br2N3O8. The molecule has 1 aromatic heterocycles. The number of hydrogen-bond donors (Lipinski definition) is 1. The normalized spacial score (nSPS) is 21.6. The number of esters is 2. The molecule has 4 atom stereocenters. The van der Waals surface area contributed by atoms with Crippen molar-refractivity contribution in [3.8, 4) is 5.75 Å². The zero-order valence-corrected chi connectivity index (χ0v) is 21.5. The van der Waals surface area contributed by atoms with E-state index in [0.29, 0.717) is 11.3 Å². The fourth-order valence-electron chi connectivity index (χ4n) is 3.21. The molecule has 0 aliphatic carbocycles. The minimum atomic E-state index is -1.06. The Morgan fingerprint density at radius 2 is 1.85 bits per heavy atom. The van der Waals surface area contributed by atoms with Crippen LogP contribution >= 0.6 is 31.9 Å². The quantitative estimate of drug-likeness (QED) is 0.374. The zero-order valence-electron chi connectivity index (χ0n) is 18.3. The van der Waals surface area contributed by atoms with Gasteiger partial charge in [-0.15, -0.1) is 0 Å². The number of rotatable bonds is 7. The monoisotopic (exact) mass is 601 g/mol. The first kappa shape index (κ1) is 25.8. The number of methoxy groups -OCH3 is 1. The number of ether oxygens (including phenoxy) is 4. The second-order valence-electron chi connectivity index (χ2n) is 7.20. The van der Waals surface area contributed by atoms with Gasteiger partial charge in [-0.2, -0.15) is 4.98 Å². The minimum Gasteiger partial charge on any atom is -0.497 e. The lowest BCUT2D eigenvalue weighted by Crippen LogP contribution is -2.37. The molecule has 0 saturated carbocycles. The van der Waals surface area contributed by atoms with E-state index < -0.39 is 46.8 Å². The van der Waals surface area contributed by atoms with Crippen LogP contribution in [-0.4, -0.2) is 58.1 Å². The van der Waals surface area contributed by atoms with Crippen LogP contribution in [0.2, 0.25) is 0 Å². The van der Waals surface area contributed by atoms with E-state index >= 15 is 0 Å². The molecule has 34 heavy (non-hydrogen) atoms. The third kappa shape index (κ3) is 6.02. The van der Waals surface area contributed by atoms with Crippen molar-refractivity contribution >= 4 is 55.5 Å². The number of carbonyl (C=O) groups is 3. The molecular weight excluding hydrogens is 582 g/mol. The first-order valence-electron chi connectivity index (χ1n) is 9.95. The molecule has 0 bridgehead atoms. The summed E-state index contributed by atoms with van der Waals surface area (Å²) < 4.78 is 22.7. The predicted molar refractivity (Wildman–Crippen MR) is 126 cm³/mol. The van der Waals surface area contributed by atoms with Crippen LogP contribution in [0.5, 0.6) is 5.75 Å². The first-order valence-corrected chi connectivity index (χ1v) is 11.7. The largest absolute Gasteiger partial charge is 0.497 e. The summed E-state index contributed by atoms with van der Waals surface area (Å²) >= 11 is 6.71. The maximum Gasteiger partial charge on any atom is 0.351 e. The molecule has 3 rings (SSSR count). The zero-order chi connectivity index (χ0) is 25.0. The molecule has 0 unspecified atom stereocenters.